The first kappa shape index (κ1) is 31.6. The lowest BCUT2D eigenvalue weighted by atomic mass is 9.77. The van der Waals surface area contributed by atoms with E-state index in [1.165, 1.54) is 29.6 Å². The summed E-state index contributed by atoms with van der Waals surface area (Å²) in [5, 5.41) is 1.42. The van der Waals surface area contributed by atoms with E-state index in [0.717, 1.165) is 63.6 Å². The van der Waals surface area contributed by atoms with Crippen molar-refractivity contribution in [2.45, 2.75) is 90.0 Å². The third-order valence-corrected chi connectivity index (χ3v) is 9.03. The highest BCUT2D eigenvalue weighted by Gasteiger charge is 2.45. The molecular formula is C33H50N6O3. The lowest BCUT2D eigenvalue weighted by molar-refractivity contribution is -0.138. The molecule has 0 bridgehead atoms. The van der Waals surface area contributed by atoms with E-state index >= 15 is 0 Å². The van der Waals surface area contributed by atoms with Crippen LogP contribution in [0.5, 0.6) is 0 Å². The number of hydrogen-bond acceptors (Lipinski definition) is 8. The molecule has 1 aromatic rings. The molecule has 0 aromatic heterocycles. The summed E-state index contributed by atoms with van der Waals surface area (Å²) in [4.78, 5) is 33.7. The van der Waals surface area contributed by atoms with Gasteiger partial charge in [0.1, 0.15) is 0 Å². The Morgan fingerprint density at radius 1 is 1.14 bits per heavy atom. The summed E-state index contributed by atoms with van der Waals surface area (Å²) >= 11 is 0. The maximum Gasteiger partial charge on any atom is 0.341 e. The van der Waals surface area contributed by atoms with Crippen molar-refractivity contribution in [3.63, 3.8) is 0 Å². The summed E-state index contributed by atoms with van der Waals surface area (Å²) in [7, 11) is 1.72. The Balaban J connectivity index is 1.55. The van der Waals surface area contributed by atoms with Gasteiger partial charge >= 0.3 is 5.97 Å². The Bertz CT molecular complexity index is 1190. The second-order valence-corrected chi connectivity index (χ2v) is 12.2. The van der Waals surface area contributed by atoms with Crippen LogP contribution in [0.3, 0.4) is 0 Å². The van der Waals surface area contributed by atoms with Crippen LogP contribution < -0.4 is 17.3 Å². The number of carbonyl (C=O) groups excluding carboxylic acids is 2. The summed E-state index contributed by atoms with van der Waals surface area (Å²) in [6, 6.07) is 8.61. The molecule has 6 N–H and O–H groups in total. The number of carbonyl (C=O) groups is 2. The molecule has 1 aliphatic heterocycles. The number of ether oxygens (including phenoxy) is 1. The number of nitrogens with two attached hydrogens (primary N) is 3. The number of likely N-dealkylation sites (tertiary alicyclic amines) is 1. The smallest absolute Gasteiger partial charge is 0.341 e. The third-order valence-electron chi connectivity index (χ3n) is 9.03. The van der Waals surface area contributed by atoms with Crippen LogP contribution in [0.15, 0.2) is 52.9 Å². The summed E-state index contributed by atoms with van der Waals surface area (Å²) in [5.74, 6) is 5.95. The predicted molar refractivity (Wildman–Crippen MR) is 167 cm³/mol. The van der Waals surface area contributed by atoms with Crippen LogP contribution in [0.25, 0.3) is 0 Å². The van der Waals surface area contributed by atoms with Crippen LogP contribution in [0.2, 0.25) is 0 Å². The van der Waals surface area contributed by atoms with Gasteiger partial charge in [-0.2, -0.15) is 0 Å². The lowest BCUT2D eigenvalue weighted by Gasteiger charge is -2.34. The number of rotatable bonds is 12. The average molecular weight is 579 g/mol. The van der Waals surface area contributed by atoms with Gasteiger partial charge in [-0.05, 0) is 75.5 Å². The van der Waals surface area contributed by atoms with E-state index in [1.807, 2.05) is 12.1 Å². The number of amides is 1. The van der Waals surface area contributed by atoms with E-state index in [4.69, 9.17) is 27.0 Å². The van der Waals surface area contributed by atoms with Gasteiger partial charge in [-0.1, -0.05) is 38.3 Å². The first-order chi connectivity index (χ1) is 20.3. The Kier molecular flexibility index (Phi) is 11.1. The monoisotopic (exact) mass is 578 g/mol. The number of aliphatic imine (C=N–C) groups is 1. The minimum absolute atomic E-state index is 0.0131. The molecule has 9 nitrogen and oxygen atoms in total. The number of allylic oxidation sites excluding steroid dienone is 1. The molecule has 5 atom stereocenters. The maximum absolute atomic E-state index is 13.6. The summed E-state index contributed by atoms with van der Waals surface area (Å²) < 4.78 is 5.30. The van der Waals surface area contributed by atoms with Crippen molar-refractivity contribution in [2.75, 3.05) is 20.2 Å². The molecule has 42 heavy (non-hydrogen) atoms. The van der Waals surface area contributed by atoms with Crippen LogP contribution in [0.1, 0.15) is 89.5 Å². The molecule has 0 spiro atoms. The highest BCUT2D eigenvalue weighted by atomic mass is 16.5. The number of nitrogens with zero attached hydrogens (tertiary/aromatic N) is 3. The molecule has 9 heteroatoms. The molecule has 0 radical (unpaired) electrons. The Hall–Kier alpha value is -3.33. The van der Waals surface area contributed by atoms with Crippen LogP contribution >= 0.6 is 0 Å². The van der Waals surface area contributed by atoms with Crippen molar-refractivity contribution in [3.8, 4) is 0 Å². The minimum Gasteiger partial charge on any atom is -0.462 e. The van der Waals surface area contributed by atoms with Crippen molar-refractivity contribution in [3.05, 3.63) is 53.5 Å². The van der Waals surface area contributed by atoms with Gasteiger partial charge in [-0.3, -0.25) is 9.79 Å². The zero-order chi connectivity index (χ0) is 30.2. The van der Waals surface area contributed by atoms with Gasteiger partial charge in [0, 0.05) is 55.5 Å². The molecule has 4 rings (SSSR count). The zero-order valence-electron chi connectivity index (χ0n) is 25.6. The van der Waals surface area contributed by atoms with Crippen LogP contribution in [0.4, 0.5) is 5.69 Å². The standard InChI is InChI=1S/C33H50N6O3/c1-4-6-14-26-15-9-16-39(26)32(40)24-12-7-10-22(17-24)23-11-8-13-25(18-23)37-31(29(20-34)33(41)42-5-2)28-19-27(28)30(35)21-38(3)36/h8,11,13,18,20-22,24,26-28H,4-7,9-10,12,14-17,19,34-36H2,1-3H3/b29-20?,30-21-,37-31?. The topological polar surface area (TPSA) is 140 Å². The van der Waals surface area contributed by atoms with Gasteiger partial charge in [-0.15, -0.1) is 0 Å². The number of hydrogen-bond donors (Lipinski definition) is 3. The van der Waals surface area contributed by atoms with E-state index in [9.17, 15) is 9.59 Å². The maximum atomic E-state index is 13.6. The molecule has 2 aliphatic carbocycles. The Morgan fingerprint density at radius 2 is 1.95 bits per heavy atom. The number of benzene rings is 1. The van der Waals surface area contributed by atoms with E-state index in [0.29, 0.717) is 29.3 Å². The lowest BCUT2D eigenvalue weighted by Crippen LogP contribution is -2.41. The molecule has 3 fully saturated rings. The van der Waals surface area contributed by atoms with Gasteiger partial charge in [0.25, 0.3) is 0 Å². The summed E-state index contributed by atoms with van der Waals surface area (Å²) in [5.41, 5.74) is 15.7. The van der Waals surface area contributed by atoms with E-state index in [1.54, 1.807) is 20.2 Å². The fourth-order valence-corrected chi connectivity index (χ4v) is 6.81. The first-order valence-corrected chi connectivity index (χ1v) is 15.8. The van der Waals surface area contributed by atoms with Gasteiger partial charge < -0.3 is 26.1 Å². The molecule has 3 aliphatic rings. The van der Waals surface area contributed by atoms with Crippen molar-refractivity contribution in [1.82, 2.24) is 9.91 Å². The molecular weight excluding hydrogens is 528 g/mol. The SMILES string of the molecule is CCCCC1CCCN1C(=O)C1CCCC(c2cccc(N=C(C(=CN)C(=O)OCC)C3CC3/C(N)=C/N(C)N)c2)C1. The highest BCUT2D eigenvalue weighted by molar-refractivity contribution is 6.22. The second kappa shape index (κ2) is 14.7. The molecule has 1 aromatic carbocycles. The van der Waals surface area contributed by atoms with Gasteiger partial charge in [0.05, 0.1) is 23.6 Å². The molecule has 230 valence electrons. The number of esters is 1. The molecule has 2 saturated carbocycles. The van der Waals surface area contributed by atoms with Gasteiger partial charge in [0.15, 0.2) is 0 Å². The average Bonchev–Trinajstić information content (AvgIpc) is 3.65. The van der Waals surface area contributed by atoms with Crippen molar-refractivity contribution >= 4 is 23.3 Å². The van der Waals surface area contributed by atoms with E-state index in [2.05, 4.69) is 24.0 Å². The van der Waals surface area contributed by atoms with Crippen LogP contribution in [-0.4, -0.2) is 53.7 Å². The Labute approximate surface area is 251 Å². The first-order valence-electron chi connectivity index (χ1n) is 15.8. The molecule has 1 saturated heterocycles. The van der Waals surface area contributed by atoms with Gasteiger partial charge in [-0.25, -0.2) is 10.6 Å². The van der Waals surface area contributed by atoms with Crippen LogP contribution in [0, 0.1) is 17.8 Å². The summed E-state index contributed by atoms with van der Waals surface area (Å²) in [6.45, 7) is 5.13. The van der Waals surface area contributed by atoms with E-state index < -0.39 is 5.97 Å². The normalized spacial score (nSPS) is 26.7. The van der Waals surface area contributed by atoms with Crippen molar-refractivity contribution in [2.24, 2.45) is 40.1 Å². The number of unbranched alkanes of at least 4 members (excludes halogenated alkanes) is 1. The summed E-state index contributed by atoms with van der Waals surface area (Å²) in [6.07, 6.45) is 13.4. The zero-order valence-corrected chi connectivity index (χ0v) is 25.6. The van der Waals surface area contributed by atoms with Crippen LogP contribution in [-0.2, 0) is 14.3 Å². The molecule has 1 amide bonds. The van der Waals surface area contributed by atoms with E-state index in [-0.39, 0.29) is 29.9 Å². The molecule has 1 heterocycles. The van der Waals surface area contributed by atoms with Gasteiger partial charge in [0.2, 0.25) is 5.91 Å². The highest BCUT2D eigenvalue weighted by Crippen LogP contribution is 2.46. The molecule has 5 unspecified atom stereocenters. The predicted octanol–water partition coefficient (Wildman–Crippen LogP) is 4.86. The second-order valence-electron chi connectivity index (χ2n) is 12.2. The van der Waals surface area contributed by atoms with Crippen molar-refractivity contribution in [1.29, 1.82) is 0 Å². The fraction of sp³-hybridized carbons (Fsp3) is 0.606. The number of hydrazine groups is 1. The minimum atomic E-state index is -0.494. The quantitative estimate of drug-likeness (QED) is 0.106. The van der Waals surface area contributed by atoms with Crippen molar-refractivity contribution < 1.29 is 14.3 Å². The fourth-order valence-electron chi connectivity index (χ4n) is 6.81. The Morgan fingerprint density at radius 3 is 2.67 bits per heavy atom. The third kappa shape index (κ3) is 7.73. The largest absolute Gasteiger partial charge is 0.462 e.